The number of anilines is 1. The summed E-state index contributed by atoms with van der Waals surface area (Å²) in [5.74, 6) is 0.145. The van der Waals surface area contributed by atoms with E-state index in [0.717, 1.165) is 99.5 Å². The minimum absolute atomic E-state index is 0.0949. The molecule has 0 aromatic heterocycles. The largest absolute Gasteiger partial charge is 0.508 e. The third-order valence-corrected chi connectivity index (χ3v) is 13.6. The Morgan fingerprint density at radius 2 is 1.55 bits per heavy atom. The van der Waals surface area contributed by atoms with Gasteiger partial charge in [0.25, 0.3) is 5.91 Å². The van der Waals surface area contributed by atoms with Crippen LogP contribution in [0.2, 0.25) is 0 Å². The van der Waals surface area contributed by atoms with Crippen molar-refractivity contribution >= 4 is 30.5 Å². The van der Waals surface area contributed by atoms with E-state index >= 15 is 0 Å². The number of piperidine rings is 1. The van der Waals surface area contributed by atoms with Gasteiger partial charge in [-0.3, -0.25) is 14.5 Å². The SMILES string of the molecule is C=C/C=C\C(=C)[C@@H](C)[C@H](c1ccc(N2CCC(N(C)C3CCC(N4Cc5cc(C=O)c(C(=O)N(C)C(C=O)CCC=O)cc5C4)CC3)CC2)cc1)c1ccc(O)cc1C.CNC. The zero-order valence-corrected chi connectivity index (χ0v) is 37.9. The molecule has 6 rings (SSSR count). The molecule has 0 radical (unpaired) electrons. The number of phenols is 1. The molecule has 62 heavy (non-hydrogen) atoms. The molecule has 2 fully saturated rings. The van der Waals surface area contributed by atoms with Gasteiger partial charge in [0.15, 0.2) is 6.29 Å². The number of nitrogens with zero attached hydrogens (tertiary/aromatic N) is 4. The van der Waals surface area contributed by atoms with Gasteiger partial charge in [-0.1, -0.05) is 62.1 Å². The van der Waals surface area contributed by atoms with E-state index in [1.807, 2.05) is 50.5 Å². The van der Waals surface area contributed by atoms with Crippen molar-refractivity contribution in [2.75, 3.05) is 46.2 Å². The average molecular weight is 844 g/mol. The molecule has 1 saturated carbocycles. The smallest absolute Gasteiger partial charge is 0.254 e. The summed E-state index contributed by atoms with van der Waals surface area (Å²) in [4.78, 5) is 57.1. The summed E-state index contributed by atoms with van der Waals surface area (Å²) in [5, 5.41) is 12.9. The number of likely N-dealkylation sites (N-methyl/N-ethyl adjacent to an activating group) is 1. The molecule has 1 aliphatic carbocycles. The van der Waals surface area contributed by atoms with Gasteiger partial charge in [0.2, 0.25) is 0 Å². The van der Waals surface area contributed by atoms with Gasteiger partial charge in [-0.05, 0) is 143 Å². The van der Waals surface area contributed by atoms with Crippen molar-refractivity contribution in [3.63, 3.8) is 0 Å². The number of carbonyl (C=O) groups excluding carboxylic acids is 4. The number of aryl methyl sites for hydroxylation is 1. The van der Waals surface area contributed by atoms with Crippen molar-refractivity contribution in [3.05, 3.63) is 131 Å². The van der Waals surface area contributed by atoms with Crippen LogP contribution in [0.3, 0.4) is 0 Å². The minimum atomic E-state index is -0.719. The Bertz CT molecular complexity index is 2050. The number of amides is 1. The van der Waals surface area contributed by atoms with Gasteiger partial charge in [-0.25, -0.2) is 0 Å². The molecule has 3 aromatic carbocycles. The Labute approximate surface area is 370 Å². The Kier molecular flexibility index (Phi) is 17.6. The van der Waals surface area contributed by atoms with Crippen molar-refractivity contribution in [1.29, 1.82) is 0 Å². The molecule has 10 nitrogen and oxygen atoms in total. The highest BCUT2D eigenvalue weighted by molar-refractivity contribution is 6.02. The Morgan fingerprint density at radius 1 is 0.919 bits per heavy atom. The van der Waals surface area contributed by atoms with E-state index in [4.69, 9.17) is 0 Å². The molecule has 1 unspecified atom stereocenters. The van der Waals surface area contributed by atoms with E-state index in [-0.39, 0.29) is 36.3 Å². The van der Waals surface area contributed by atoms with E-state index in [9.17, 15) is 24.3 Å². The van der Waals surface area contributed by atoms with E-state index in [1.54, 1.807) is 19.2 Å². The summed E-state index contributed by atoms with van der Waals surface area (Å²) >= 11 is 0. The van der Waals surface area contributed by atoms with Crippen molar-refractivity contribution in [2.24, 2.45) is 5.92 Å². The summed E-state index contributed by atoms with van der Waals surface area (Å²) in [6.07, 6.45) is 15.1. The highest BCUT2D eigenvalue weighted by Gasteiger charge is 2.35. The number of aromatic hydroxyl groups is 1. The molecular formula is C52H69N5O5. The first-order valence-corrected chi connectivity index (χ1v) is 22.3. The monoisotopic (exact) mass is 844 g/mol. The first-order valence-electron chi connectivity index (χ1n) is 22.3. The van der Waals surface area contributed by atoms with Crippen LogP contribution in [0.15, 0.2) is 91.6 Å². The number of hydrogen-bond acceptors (Lipinski definition) is 9. The fourth-order valence-corrected chi connectivity index (χ4v) is 9.83. The standard InChI is InChI=1S/C50H62N4O5.C2H7N/c1-7-8-10-34(2)36(4)49(47-21-20-46(58)27-35(47)3)37-12-14-43(15-13-37)53-24-22-42(23-25-53)51(5)41-16-18-44(19-17-41)54-30-38-28-40(32-56)48(29-39(38)31-54)50(59)52(6)45(33-57)11-9-26-55;1-3-2/h7-8,10,12-15,20-21,26-29,32-33,36,41-42,44-45,49,58H,1-2,9,11,16-19,22-25,30-31H2,3-6H3;3H,1-2H3/b10-8-;/t36-,41?,44?,45?,49-;/m1./s1. The normalized spacial score (nSPS) is 19.5. The van der Waals surface area contributed by atoms with E-state index in [0.29, 0.717) is 35.5 Å². The molecule has 2 aliphatic heterocycles. The average Bonchev–Trinajstić information content (AvgIpc) is 3.72. The van der Waals surface area contributed by atoms with Gasteiger partial charge in [-0.2, -0.15) is 0 Å². The number of benzene rings is 3. The minimum Gasteiger partial charge on any atom is -0.508 e. The number of hydrogen-bond donors (Lipinski definition) is 2. The highest BCUT2D eigenvalue weighted by Crippen LogP contribution is 2.40. The third kappa shape index (κ3) is 11.4. The summed E-state index contributed by atoms with van der Waals surface area (Å²) in [5.41, 5.74) is 8.59. The van der Waals surface area contributed by atoms with Gasteiger partial charge < -0.3 is 34.7 Å². The summed E-state index contributed by atoms with van der Waals surface area (Å²) < 4.78 is 0. The van der Waals surface area contributed by atoms with Crippen molar-refractivity contribution in [2.45, 2.75) is 108 Å². The lowest BCUT2D eigenvalue weighted by molar-refractivity contribution is -0.112. The van der Waals surface area contributed by atoms with Gasteiger partial charge in [0, 0.05) is 74.9 Å². The first-order chi connectivity index (χ1) is 29.9. The number of aldehydes is 3. The fourth-order valence-electron chi connectivity index (χ4n) is 9.83. The van der Waals surface area contributed by atoms with Gasteiger partial charge in [0.1, 0.15) is 18.3 Å². The predicted octanol–water partition coefficient (Wildman–Crippen LogP) is 8.26. The van der Waals surface area contributed by atoms with Crippen LogP contribution in [0.25, 0.3) is 0 Å². The highest BCUT2D eigenvalue weighted by atomic mass is 16.3. The maximum absolute atomic E-state index is 13.4. The molecule has 332 valence electrons. The van der Waals surface area contributed by atoms with Crippen molar-refractivity contribution < 1.29 is 24.3 Å². The molecule has 0 spiro atoms. The molecule has 1 amide bonds. The molecular weight excluding hydrogens is 775 g/mol. The lowest BCUT2D eigenvalue weighted by Gasteiger charge is -2.44. The summed E-state index contributed by atoms with van der Waals surface area (Å²) in [7, 11) is 7.63. The number of allylic oxidation sites excluding steroid dienone is 4. The predicted molar refractivity (Wildman–Crippen MR) is 251 cm³/mol. The van der Waals surface area contributed by atoms with Crippen LogP contribution in [-0.4, -0.2) is 110 Å². The third-order valence-electron chi connectivity index (χ3n) is 13.6. The quantitative estimate of drug-likeness (QED) is 0.103. The number of rotatable bonds is 17. The van der Waals surface area contributed by atoms with E-state index in [1.165, 1.54) is 21.7 Å². The summed E-state index contributed by atoms with van der Waals surface area (Å²) in [6.45, 7) is 16.0. The molecule has 3 atom stereocenters. The maximum atomic E-state index is 13.4. The van der Waals surface area contributed by atoms with E-state index in [2.05, 4.69) is 78.3 Å². The lowest BCUT2D eigenvalue weighted by Crippen LogP contribution is -2.49. The molecule has 0 bridgehead atoms. The molecule has 3 aliphatic rings. The molecule has 2 heterocycles. The second kappa shape index (κ2) is 22.8. The second-order valence-electron chi connectivity index (χ2n) is 17.5. The van der Waals surface area contributed by atoms with Crippen LogP contribution in [0.1, 0.15) is 113 Å². The zero-order valence-electron chi connectivity index (χ0n) is 37.9. The van der Waals surface area contributed by atoms with Crippen LogP contribution >= 0.6 is 0 Å². The Morgan fingerprint density at radius 3 is 2.13 bits per heavy atom. The van der Waals surface area contributed by atoms with Crippen LogP contribution in [0, 0.1) is 12.8 Å². The van der Waals surface area contributed by atoms with Crippen LogP contribution in [-0.2, 0) is 22.7 Å². The first kappa shape index (κ1) is 47.9. The van der Waals surface area contributed by atoms with E-state index < -0.39 is 6.04 Å². The number of carbonyl (C=O) groups is 4. The topological polar surface area (TPSA) is 114 Å². The maximum Gasteiger partial charge on any atom is 0.254 e. The Hall–Kier alpha value is -5.16. The van der Waals surface area contributed by atoms with Crippen molar-refractivity contribution in [3.8, 4) is 5.75 Å². The lowest BCUT2D eigenvalue weighted by atomic mass is 9.76. The zero-order chi connectivity index (χ0) is 44.9. The molecule has 1 saturated heterocycles. The molecule has 2 N–H and O–H groups in total. The fraction of sp³-hybridized carbons (Fsp3) is 0.462. The summed E-state index contributed by atoms with van der Waals surface area (Å²) in [6, 6.07) is 19.3. The molecule has 3 aromatic rings. The number of fused-ring (bicyclic) bond motifs is 1. The van der Waals surface area contributed by atoms with Crippen LogP contribution < -0.4 is 10.2 Å². The number of phenolic OH excluding ortho intramolecular Hbond substituents is 1. The van der Waals surface area contributed by atoms with Gasteiger partial charge in [-0.15, -0.1) is 0 Å². The van der Waals surface area contributed by atoms with Crippen LogP contribution in [0.5, 0.6) is 5.75 Å². The van der Waals surface area contributed by atoms with Gasteiger partial charge >= 0.3 is 0 Å². The van der Waals surface area contributed by atoms with Crippen molar-refractivity contribution in [1.82, 2.24) is 20.0 Å². The second-order valence-corrected chi connectivity index (χ2v) is 17.5. The van der Waals surface area contributed by atoms with Crippen LogP contribution in [0.4, 0.5) is 5.69 Å². The van der Waals surface area contributed by atoms with Gasteiger partial charge in [0.05, 0.1) is 11.6 Å². The Balaban J connectivity index is 0.00000235. The molecule has 10 heteroatoms. The number of nitrogens with one attached hydrogen (secondary N) is 1.